The van der Waals surface area contributed by atoms with Gasteiger partial charge in [-0.3, -0.25) is 19.5 Å². The fraction of sp³-hybridized carbons (Fsp3) is 0.0800. The molecule has 8 heteroatoms. The summed E-state index contributed by atoms with van der Waals surface area (Å²) in [6.45, 7) is 0. The minimum atomic E-state index is -1.03. The molecular weight excluding hydrogens is 424 g/mol. The average molecular weight is 442 g/mol. The second-order valence-electron chi connectivity index (χ2n) is 7.43. The van der Waals surface area contributed by atoms with E-state index in [2.05, 4.69) is 4.98 Å². The molecule has 0 bridgehead atoms. The molecule has 0 saturated heterocycles. The largest absolute Gasteiger partial charge is 0.506 e. The zero-order valence-corrected chi connectivity index (χ0v) is 17.4. The van der Waals surface area contributed by atoms with E-state index in [1.165, 1.54) is 36.4 Å². The SMILES string of the molecule is COc1cccc2cc(C(=O)C3=C(O)C(=O)N(c4ccccc4O)C3c3cccnc3)oc12. The Balaban J connectivity index is 1.67. The number of pyridine rings is 1. The molecule has 1 aliphatic heterocycles. The highest BCUT2D eigenvalue weighted by atomic mass is 16.5. The molecular formula is C25H18N2O6. The van der Waals surface area contributed by atoms with Crippen LogP contribution in [0.25, 0.3) is 11.0 Å². The molecule has 2 N–H and O–H groups in total. The zero-order valence-electron chi connectivity index (χ0n) is 17.4. The molecule has 2 aromatic heterocycles. The van der Waals surface area contributed by atoms with Gasteiger partial charge in [-0.1, -0.05) is 30.3 Å². The molecule has 0 saturated carbocycles. The summed E-state index contributed by atoms with van der Waals surface area (Å²) in [6.07, 6.45) is 3.06. The third kappa shape index (κ3) is 3.20. The van der Waals surface area contributed by atoms with Gasteiger partial charge in [-0.15, -0.1) is 0 Å². The second-order valence-corrected chi connectivity index (χ2v) is 7.43. The lowest BCUT2D eigenvalue weighted by Gasteiger charge is -2.27. The topological polar surface area (TPSA) is 113 Å². The molecule has 8 nitrogen and oxygen atoms in total. The summed E-state index contributed by atoms with van der Waals surface area (Å²) in [5, 5.41) is 21.9. The molecule has 164 valence electrons. The van der Waals surface area contributed by atoms with Crippen LogP contribution in [-0.4, -0.2) is 34.0 Å². The first-order valence-electron chi connectivity index (χ1n) is 10.1. The van der Waals surface area contributed by atoms with Gasteiger partial charge in [0, 0.05) is 17.8 Å². The Morgan fingerprint density at radius 2 is 1.91 bits per heavy atom. The predicted molar refractivity (Wildman–Crippen MR) is 119 cm³/mol. The fourth-order valence-electron chi connectivity index (χ4n) is 4.05. The molecule has 0 spiro atoms. The number of hydrogen-bond donors (Lipinski definition) is 2. The number of rotatable bonds is 5. The van der Waals surface area contributed by atoms with E-state index in [1.54, 1.807) is 48.7 Å². The number of ketones is 1. The van der Waals surface area contributed by atoms with Crippen molar-refractivity contribution >= 4 is 28.3 Å². The number of carbonyl (C=O) groups is 2. The summed E-state index contributed by atoms with van der Waals surface area (Å²) in [5.74, 6) is -1.98. The van der Waals surface area contributed by atoms with Gasteiger partial charge in [-0.05, 0) is 35.9 Å². The van der Waals surface area contributed by atoms with Gasteiger partial charge in [-0.2, -0.15) is 0 Å². The van der Waals surface area contributed by atoms with Crippen molar-refractivity contribution in [2.24, 2.45) is 0 Å². The third-order valence-electron chi connectivity index (χ3n) is 5.55. The number of nitrogens with zero attached hydrogens (tertiary/aromatic N) is 2. The highest BCUT2D eigenvalue weighted by molar-refractivity contribution is 6.21. The maximum absolute atomic E-state index is 13.6. The van der Waals surface area contributed by atoms with Crippen LogP contribution in [0.5, 0.6) is 11.5 Å². The maximum atomic E-state index is 13.6. The van der Waals surface area contributed by atoms with Crippen molar-refractivity contribution in [2.75, 3.05) is 12.0 Å². The molecule has 33 heavy (non-hydrogen) atoms. The Bertz CT molecular complexity index is 1420. The quantitative estimate of drug-likeness (QED) is 0.443. The molecule has 2 aromatic carbocycles. The number of benzene rings is 2. The van der Waals surface area contributed by atoms with Crippen LogP contribution >= 0.6 is 0 Å². The standard InChI is InChI=1S/C25H18N2O6/c1-32-18-10-4-6-14-12-19(33-24(14)18)22(29)20-21(15-7-5-11-26-13-15)27(25(31)23(20)30)16-8-2-3-9-17(16)28/h2-13,21,28,30H,1H3. The van der Waals surface area contributed by atoms with Crippen LogP contribution in [0.15, 0.2) is 88.8 Å². The average Bonchev–Trinajstić information content (AvgIpc) is 3.39. The van der Waals surface area contributed by atoms with Crippen LogP contribution in [0.4, 0.5) is 5.69 Å². The Morgan fingerprint density at radius 3 is 2.64 bits per heavy atom. The van der Waals surface area contributed by atoms with Crippen LogP contribution in [0.2, 0.25) is 0 Å². The number of ether oxygens (including phenoxy) is 1. The van der Waals surface area contributed by atoms with Gasteiger partial charge in [0.2, 0.25) is 5.78 Å². The smallest absolute Gasteiger partial charge is 0.294 e. The number of aromatic hydroxyl groups is 1. The number of hydrogen-bond acceptors (Lipinski definition) is 7. The van der Waals surface area contributed by atoms with Crippen molar-refractivity contribution < 1.29 is 29.0 Å². The number of phenolic OH excluding ortho intramolecular Hbond substituents is 1. The van der Waals surface area contributed by atoms with E-state index in [4.69, 9.17) is 9.15 Å². The summed E-state index contributed by atoms with van der Waals surface area (Å²) in [7, 11) is 1.49. The number of phenols is 1. The Morgan fingerprint density at radius 1 is 1.09 bits per heavy atom. The van der Waals surface area contributed by atoms with Crippen LogP contribution in [-0.2, 0) is 4.79 Å². The summed E-state index contributed by atoms with van der Waals surface area (Å²) in [4.78, 5) is 32.0. The first-order chi connectivity index (χ1) is 16.0. The van der Waals surface area contributed by atoms with Gasteiger partial charge in [0.15, 0.2) is 22.9 Å². The first-order valence-corrected chi connectivity index (χ1v) is 10.1. The molecule has 0 aliphatic carbocycles. The van der Waals surface area contributed by atoms with Crippen molar-refractivity contribution in [1.29, 1.82) is 0 Å². The van der Waals surface area contributed by atoms with Gasteiger partial charge in [0.1, 0.15) is 5.75 Å². The van der Waals surface area contributed by atoms with Crippen molar-refractivity contribution in [3.8, 4) is 11.5 Å². The number of aliphatic hydroxyl groups excluding tert-OH is 1. The molecule has 1 atom stereocenters. The number of anilines is 1. The summed E-state index contributed by atoms with van der Waals surface area (Å²) in [6, 6.07) is 15.3. The van der Waals surface area contributed by atoms with Gasteiger partial charge in [0.05, 0.1) is 24.4 Å². The highest BCUT2D eigenvalue weighted by Gasteiger charge is 2.46. The number of aromatic nitrogens is 1. The number of para-hydroxylation sites is 3. The van der Waals surface area contributed by atoms with Crippen molar-refractivity contribution in [2.45, 2.75) is 6.04 Å². The summed E-state index contributed by atoms with van der Waals surface area (Å²) >= 11 is 0. The molecule has 1 aliphatic rings. The van der Waals surface area contributed by atoms with E-state index in [0.29, 0.717) is 22.3 Å². The Kier molecular flexibility index (Phi) is 4.82. The second kappa shape index (κ2) is 7.83. The normalized spacial score (nSPS) is 16.0. The number of aliphatic hydroxyl groups is 1. The van der Waals surface area contributed by atoms with Crippen LogP contribution in [0.3, 0.4) is 0 Å². The monoisotopic (exact) mass is 442 g/mol. The van der Waals surface area contributed by atoms with Gasteiger partial charge in [0.25, 0.3) is 5.91 Å². The number of Topliss-reactive ketones (excluding diaryl/α,β-unsaturated/α-hetero) is 1. The zero-order chi connectivity index (χ0) is 23.1. The minimum Gasteiger partial charge on any atom is -0.506 e. The van der Waals surface area contributed by atoms with Crippen molar-refractivity contribution in [1.82, 2.24) is 4.98 Å². The highest BCUT2D eigenvalue weighted by Crippen LogP contribution is 2.44. The minimum absolute atomic E-state index is 0.0585. The van der Waals surface area contributed by atoms with E-state index in [0.717, 1.165) is 0 Å². The first kappa shape index (κ1) is 20.3. The number of furan rings is 1. The lowest BCUT2D eigenvalue weighted by atomic mass is 9.96. The predicted octanol–water partition coefficient (Wildman–Crippen LogP) is 4.32. The van der Waals surface area contributed by atoms with E-state index in [1.807, 2.05) is 0 Å². The van der Waals surface area contributed by atoms with E-state index in [-0.39, 0.29) is 22.8 Å². The number of fused-ring (bicyclic) bond motifs is 1. The summed E-state index contributed by atoms with van der Waals surface area (Å²) in [5.41, 5.74) is 0.838. The molecule has 0 radical (unpaired) electrons. The molecule has 0 fully saturated rings. The fourth-order valence-corrected chi connectivity index (χ4v) is 4.05. The van der Waals surface area contributed by atoms with Gasteiger partial charge < -0.3 is 19.4 Å². The van der Waals surface area contributed by atoms with Crippen LogP contribution in [0, 0.1) is 0 Å². The van der Waals surface area contributed by atoms with E-state index in [9.17, 15) is 19.8 Å². The Labute approximate surface area is 188 Å². The van der Waals surface area contributed by atoms with E-state index >= 15 is 0 Å². The van der Waals surface area contributed by atoms with Gasteiger partial charge in [-0.25, -0.2) is 0 Å². The molecule has 3 heterocycles. The Hall–Kier alpha value is -4.59. The molecule has 1 amide bonds. The van der Waals surface area contributed by atoms with Crippen LogP contribution < -0.4 is 9.64 Å². The van der Waals surface area contributed by atoms with E-state index < -0.39 is 23.5 Å². The molecule has 5 rings (SSSR count). The number of methoxy groups -OCH3 is 1. The van der Waals surface area contributed by atoms with Crippen LogP contribution in [0.1, 0.15) is 22.2 Å². The molecule has 4 aromatic rings. The van der Waals surface area contributed by atoms with Gasteiger partial charge >= 0.3 is 0 Å². The number of amides is 1. The number of carbonyl (C=O) groups excluding carboxylic acids is 2. The van der Waals surface area contributed by atoms with Crippen molar-refractivity contribution in [3.05, 3.63) is 95.7 Å². The van der Waals surface area contributed by atoms with Crippen molar-refractivity contribution in [3.63, 3.8) is 0 Å². The summed E-state index contributed by atoms with van der Waals surface area (Å²) < 4.78 is 11.1. The lowest BCUT2D eigenvalue weighted by molar-refractivity contribution is -0.117. The lowest BCUT2D eigenvalue weighted by Crippen LogP contribution is -2.31. The third-order valence-corrected chi connectivity index (χ3v) is 5.55. The maximum Gasteiger partial charge on any atom is 0.294 e. The molecule has 1 unspecified atom stereocenters.